The van der Waals surface area contributed by atoms with Gasteiger partial charge in [0.25, 0.3) is 5.91 Å². The highest BCUT2D eigenvalue weighted by Crippen LogP contribution is 2.37. The number of amides is 2. The summed E-state index contributed by atoms with van der Waals surface area (Å²) >= 11 is 6.50. The van der Waals surface area contributed by atoms with Crippen LogP contribution in [0.5, 0.6) is 0 Å². The molecule has 0 saturated carbocycles. The first kappa shape index (κ1) is 23.9. The number of hydrogen-bond acceptors (Lipinski definition) is 5. The number of nitrogens with zero attached hydrogens (tertiary/aromatic N) is 2. The van der Waals surface area contributed by atoms with E-state index in [4.69, 9.17) is 25.6 Å². The van der Waals surface area contributed by atoms with E-state index in [0.717, 1.165) is 0 Å². The van der Waals surface area contributed by atoms with Crippen LogP contribution < -0.4 is 5.46 Å². The molecular weight excluding hydrogens is 419 g/mol. The molecule has 0 unspecified atom stereocenters. The fraction of sp³-hybridized carbons (Fsp3) is 0.636. The molecular formula is C22H32BClN2O5. The summed E-state index contributed by atoms with van der Waals surface area (Å²) in [6.45, 7) is 15.2. The van der Waals surface area contributed by atoms with Gasteiger partial charge in [-0.05, 0) is 60.6 Å². The van der Waals surface area contributed by atoms with E-state index in [1.807, 2.05) is 48.5 Å². The van der Waals surface area contributed by atoms with Crippen molar-refractivity contribution in [1.82, 2.24) is 9.80 Å². The SMILES string of the molecule is CC(C)(C)OC(=O)N1CCN(C(=O)c2ccc(B3OC(C)(C)C(C)(C)O3)c(Cl)c2)CC1. The third kappa shape index (κ3) is 5.18. The Morgan fingerprint density at radius 2 is 1.52 bits per heavy atom. The molecule has 0 aliphatic carbocycles. The number of hydrogen-bond donors (Lipinski definition) is 0. The van der Waals surface area contributed by atoms with Crippen LogP contribution in [-0.4, -0.2) is 71.9 Å². The van der Waals surface area contributed by atoms with E-state index in [9.17, 15) is 9.59 Å². The van der Waals surface area contributed by atoms with Gasteiger partial charge in [-0.15, -0.1) is 0 Å². The van der Waals surface area contributed by atoms with Gasteiger partial charge < -0.3 is 23.8 Å². The predicted molar refractivity (Wildman–Crippen MR) is 121 cm³/mol. The summed E-state index contributed by atoms with van der Waals surface area (Å²) in [5, 5.41) is 0.428. The maximum Gasteiger partial charge on any atom is 0.496 e. The molecule has 0 spiro atoms. The molecule has 2 fully saturated rings. The highest BCUT2D eigenvalue weighted by molar-refractivity contribution is 6.65. The molecule has 0 bridgehead atoms. The Balaban J connectivity index is 1.64. The normalized spacial score (nSPS) is 20.7. The first-order valence-corrected chi connectivity index (χ1v) is 11.0. The van der Waals surface area contributed by atoms with Gasteiger partial charge in [0.2, 0.25) is 0 Å². The van der Waals surface area contributed by atoms with Gasteiger partial charge in [-0.3, -0.25) is 4.79 Å². The zero-order chi connectivity index (χ0) is 23.2. The highest BCUT2D eigenvalue weighted by atomic mass is 35.5. The molecule has 31 heavy (non-hydrogen) atoms. The van der Waals surface area contributed by atoms with Gasteiger partial charge in [0, 0.05) is 42.2 Å². The van der Waals surface area contributed by atoms with Crippen molar-refractivity contribution in [3.05, 3.63) is 28.8 Å². The van der Waals surface area contributed by atoms with Crippen LogP contribution >= 0.6 is 11.6 Å². The molecule has 7 nitrogen and oxygen atoms in total. The zero-order valence-electron chi connectivity index (χ0n) is 19.5. The monoisotopic (exact) mass is 450 g/mol. The minimum atomic E-state index is -0.584. The van der Waals surface area contributed by atoms with Gasteiger partial charge in [-0.1, -0.05) is 17.7 Å². The molecule has 9 heteroatoms. The maximum atomic E-state index is 13.0. The second kappa shape index (κ2) is 8.30. The Labute approximate surface area is 190 Å². The predicted octanol–water partition coefficient (Wildman–Crippen LogP) is 3.33. The van der Waals surface area contributed by atoms with Crippen molar-refractivity contribution in [3.8, 4) is 0 Å². The molecule has 0 atom stereocenters. The lowest BCUT2D eigenvalue weighted by molar-refractivity contribution is 0.00578. The van der Waals surface area contributed by atoms with Crippen molar-refractivity contribution >= 4 is 36.2 Å². The molecule has 2 saturated heterocycles. The number of carbonyl (C=O) groups excluding carboxylic acids is 2. The second-order valence-corrected chi connectivity index (χ2v) is 10.5. The topological polar surface area (TPSA) is 68.3 Å². The average molecular weight is 451 g/mol. The lowest BCUT2D eigenvalue weighted by Crippen LogP contribution is -2.51. The first-order valence-electron chi connectivity index (χ1n) is 10.6. The third-order valence-electron chi connectivity index (χ3n) is 5.97. The number of carbonyl (C=O) groups is 2. The van der Waals surface area contributed by atoms with Crippen molar-refractivity contribution in [2.45, 2.75) is 65.3 Å². The Morgan fingerprint density at radius 1 is 1.00 bits per heavy atom. The Bertz CT molecular complexity index is 844. The van der Waals surface area contributed by atoms with E-state index < -0.39 is 23.9 Å². The van der Waals surface area contributed by atoms with E-state index in [-0.39, 0.29) is 12.0 Å². The highest BCUT2D eigenvalue weighted by Gasteiger charge is 2.52. The summed E-state index contributed by atoms with van der Waals surface area (Å²) in [4.78, 5) is 28.5. The Hall–Kier alpha value is -1.77. The average Bonchev–Trinajstić information content (AvgIpc) is 2.87. The van der Waals surface area contributed by atoms with Gasteiger partial charge >= 0.3 is 13.2 Å². The largest absolute Gasteiger partial charge is 0.496 e. The minimum Gasteiger partial charge on any atom is -0.444 e. The van der Waals surface area contributed by atoms with Crippen LogP contribution in [0.4, 0.5) is 4.79 Å². The lowest BCUT2D eigenvalue weighted by Gasteiger charge is -2.35. The van der Waals surface area contributed by atoms with Crippen LogP contribution in [0, 0.1) is 0 Å². The van der Waals surface area contributed by atoms with E-state index in [1.165, 1.54) is 0 Å². The van der Waals surface area contributed by atoms with Crippen LogP contribution in [-0.2, 0) is 14.0 Å². The van der Waals surface area contributed by atoms with Gasteiger partial charge in [0.1, 0.15) is 5.60 Å². The summed E-state index contributed by atoms with van der Waals surface area (Å²) < 4.78 is 17.5. The molecule has 0 aromatic heterocycles. The van der Waals surface area contributed by atoms with Gasteiger partial charge in [-0.2, -0.15) is 0 Å². The maximum absolute atomic E-state index is 13.0. The fourth-order valence-corrected chi connectivity index (χ4v) is 3.69. The molecule has 170 valence electrons. The standard InChI is InChI=1S/C22H32BClN2O5/c1-20(2,3)29-19(28)26-12-10-25(11-13-26)18(27)15-8-9-16(17(24)14-15)23-30-21(4,5)22(6,7)31-23/h8-9,14H,10-13H2,1-7H3. The van der Waals surface area contributed by atoms with E-state index in [1.54, 1.807) is 28.0 Å². The van der Waals surface area contributed by atoms with Gasteiger partial charge in [0.05, 0.1) is 11.2 Å². The minimum absolute atomic E-state index is 0.119. The van der Waals surface area contributed by atoms with Crippen molar-refractivity contribution in [3.63, 3.8) is 0 Å². The Kier molecular flexibility index (Phi) is 6.40. The fourth-order valence-electron chi connectivity index (χ4n) is 3.42. The summed E-state index contributed by atoms with van der Waals surface area (Å²) in [6.07, 6.45) is -0.352. The molecule has 0 radical (unpaired) electrons. The summed E-state index contributed by atoms with van der Waals surface area (Å²) in [6, 6.07) is 5.19. The molecule has 1 aromatic rings. The van der Waals surface area contributed by atoms with Crippen LogP contribution in [0.1, 0.15) is 58.8 Å². The smallest absolute Gasteiger partial charge is 0.444 e. The summed E-state index contributed by atoms with van der Waals surface area (Å²) in [5.41, 5.74) is -0.283. The number of benzene rings is 1. The lowest BCUT2D eigenvalue weighted by atomic mass is 9.78. The van der Waals surface area contributed by atoms with Crippen LogP contribution in [0.2, 0.25) is 5.02 Å². The number of rotatable bonds is 2. The third-order valence-corrected chi connectivity index (χ3v) is 6.30. The second-order valence-electron chi connectivity index (χ2n) is 10.1. The molecule has 2 amide bonds. The van der Waals surface area contributed by atoms with Gasteiger partial charge in [-0.25, -0.2) is 4.79 Å². The quantitative estimate of drug-likeness (QED) is 0.647. The number of piperazine rings is 1. The van der Waals surface area contributed by atoms with E-state index in [2.05, 4.69) is 0 Å². The van der Waals surface area contributed by atoms with Crippen molar-refractivity contribution in [2.75, 3.05) is 26.2 Å². The summed E-state index contributed by atoms with van der Waals surface area (Å²) in [7, 11) is -0.584. The summed E-state index contributed by atoms with van der Waals surface area (Å²) in [5.74, 6) is -0.119. The molecule has 2 aliphatic rings. The molecule has 2 aliphatic heterocycles. The first-order chi connectivity index (χ1) is 14.2. The Morgan fingerprint density at radius 3 is 2.00 bits per heavy atom. The molecule has 0 N–H and O–H groups in total. The molecule has 3 rings (SSSR count). The number of halogens is 1. The van der Waals surface area contributed by atoms with Crippen molar-refractivity contribution in [1.29, 1.82) is 0 Å². The molecule has 1 aromatic carbocycles. The number of ether oxygens (including phenoxy) is 1. The van der Waals surface area contributed by atoms with Crippen LogP contribution in [0.15, 0.2) is 18.2 Å². The zero-order valence-corrected chi connectivity index (χ0v) is 20.2. The van der Waals surface area contributed by atoms with Crippen LogP contribution in [0.3, 0.4) is 0 Å². The van der Waals surface area contributed by atoms with E-state index in [0.29, 0.717) is 42.2 Å². The van der Waals surface area contributed by atoms with Gasteiger partial charge in [0.15, 0.2) is 0 Å². The van der Waals surface area contributed by atoms with E-state index >= 15 is 0 Å². The van der Waals surface area contributed by atoms with Crippen molar-refractivity contribution in [2.24, 2.45) is 0 Å². The van der Waals surface area contributed by atoms with Crippen molar-refractivity contribution < 1.29 is 23.6 Å². The van der Waals surface area contributed by atoms with Crippen LogP contribution in [0.25, 0.3) is 0 Å². The molecule has 2 heterocycles.